The van der Waals surface area contributed by atoms with Gasteiger partial charge in [0, 0.05) is 41.7 Å². The Hall–Kier alpha value is -13.9. The molecule has 0 radical (unpaired) electrons. The maximum absolute atomic E-state index is 12.5. The number of aliphatic hydroxyl groups excluding tert-OH is 2. The average molecular weight is 1890 g/mol. The molecule has 2 aromatic heterocycles. The number of benzene rings is 6. The Labute approximate surface area is 787 Å². The second-order valence-electron chi connectivity index (χ2n) is 26.4. The van der Waals surface area contributed by atoms with E-state index in [1.807, 2.05) is 56.5 Å². The Morgan fingerprint density at radius 1 is 0.418 bits per heavy atom. The third-order valence-corrected chi connectivity index (χ3v) is 18.2. The fourth-order valence-electron chi connectivity index (χ4n) is 12.3. The van der Waals surface area contributed by atoms with Gasteiger partial charge >= 0.3 is 23.9 Å². The molecule has 0 spiro atoms. The number of nitrogens with two attached hydrogens (primary N) is 4. The molecule has 37 nitrogen and oxygen atoms in total. The number of hydrazine groups is 2. The number of aromatic amines is 2. The Balaban J connectivity index is -0.000000753. The number of hydrogen-bond acceptors (Lipinski definition) is 33. The predicted octanol–water partition coefficient (Wildman–Crippen LogP) is 15.3. The number of unbranched alkanes of at least 4 members (excludes halogenated alkanes) is 4. The van der Waals surface area contributed by atoms with E-state index in [9.17, 15) is 48.9 Å². The number of rotatable bonds is 38. The number of nitrogens with one attached hydrogen (secondary N) is 3. The first-order valence-electron chi connectivity index (χ1n) is 41.9. The van der Waals surface area contributed by atoms with Crippen molar-refractivity contribution in [1.29, 1.82) is 0 Å². The largest absolute Gasteiger partial charge is 0.511 e. The SMILES string of the molecule is C.C.CCCC/C(N)=C(/C(=O)OCC)c1c(OC)cccc1OC.CCCCC(O)=C(C(=O)OCC)c1c(OC)cccc1OC.CCCCc1[nH]c(=O)c(C(=O)NN)c(O)c1-c1c(OC)cccc1OC.CCCCc1[nH]c(=O)c(C(=O)OCC)c(O)c1-c1c(OC)cccc1OC.CCO.CCOC(=O)Cc1c(OC)cccc1OC.COc1cccc(OC)c1.N.NN.O=CO. The van der Waals surface area contributed by atoms with Crippen LogP contribution in [0.15, 0.2) is 136 Å². The van der Waals surface area contributed by atoms with Gasteiger partial charge in [0.2, 0.25) is 0 Å². The van der Waals surface area contributed by atoms with E-state index in [2.05, 4.69) is 28.6 Å². The van der Waals surface area contributed by atoms with Crippen LogP contribution in [-0.4, -0.2) is 190 Å². The molecule has 0 bridgehead atoms. The van der Waals surface area contributed by atoms with Crippen molar-refractivity contribution in [2.45, 2.75) is 161 Å². The van der Waals surface area contributed by atoms with Crippen LogP contribution >= 0.6 is 0 Å². The van der Waals surface area contributed by atoms with E-state index in [4.69, 9.17) is 102 Å². The summed E-state index contributed by atoms with van der Waals surface area (Å²) in [5.74, 6) is 15.8. The number of nitrogen functional groups attached to an aromatic ring is 1. The van der Waals surface area contributed by atoms with E-state index in [1.165, 1.54) is 42.7 Å². The van der Waals surface area contributed by atoms with Crippen LogP contribution in [0.5, 0.6) is 80.5 Å². The van der Waals surface area contributed by atoms with E-state index >= 15 is 0 Å². The summed E-state index contributed by atoms with van der Waals surface area (Å²) in [6.45, 7) is 17.6. The zero-order valence-corrected chi connectivity index (χ0v) is 79.8. The van der Waals surface area contributed by atoms with Crippen molar-refractivity contribution >= 4 is 47.4 Å². The molecule has 8 rings (SSSR count). The number of esters is 4. The molecule has 0 aliphatic carbocycles. The molecule has 19 N–H and O–H groups in total. The number of ether oxygens (including phenoxy) is 16. The smallest absolute Gasteiger partial charge is 0.347 e. The summed E-state index contributed by atoms with van der Waals surface area (Å²) in [5.41, 5.74) is 10.9. The number of hydrogen-bond donors (Lipinski definition) is 13. The van der Waals surface area contributed by atoms with E-state index in [0.717, 1.165) is 62.9 Å². The Bertz CT molecular complexity index is 4750. The number of allylic oxidation sites excluding steroid dienone is 2. The number of aromatic hydroxyl groups is 2. The lowest BCUT2D eigenvalue weighted by Crippen LogP contribution is -2.35. The number of aryl methyl sites for hydroxylation is 2. The molecule has 6 aromatic carbocycles. The number of carbonyl (C=O) groups is 6. The average Bonchev–Trinajstić information content (AvgIpc) is 0.762. The molecular weight excluding hydrogens is 1740 g/mol. The molecule has 1 amide bonds. The maximum atomic E-state index is 12.5. The van der Waals surface area contributed by atoms with Crippen molar-refractivity contribution in [2.75, 3.05) is 118 Å². The van der Waals surface area contributed by atoms with Crippen LogP contribution in [-0.2, 0) is 57.4 Å². The maximum Gasteiger partial charge on any atom is 0.347 e. The number of methoxy groups -OCH3 is 12. The van der Waals surface area contributed by atoms with Crippen LogP contribution in [0, 0.1) is 0 Å². The number of carbonyl (C=O) groups excluding carboxylic acids is 5. The summed E-state index contributed by atoms with van der Waals surface area (Å²) in [4.78, 5) is 99.0. The summed E-state index contributed by atoms with van der Waals surface area (Å²) in [6, 6.07) is 33.7. The number of aliphatic hydroxyl groups is 2. The fraction of sp³-hybridized carbons (Fsp3) is 0.423. The summed E-state index contributed by atoms with van der Waals surface area (Å²) in [5, 5.41) is 46.6. The Morgan fingerprint density at radius 3 is 1.04 bits per heavy atom. The van der Waals surface area contributed by atoms with E-state index in [1.54, 1.807) is 162 Å². The summed E-state index contributed by atoms with van der Waals surface area (Å²) in [7, 11) is 18.5. The first-order chi connectivity index (χ1) is 63.1. The van der Waals surface area contributed by atoms with Crippen LogP contribution in [0.4, 0.5) is 0 Å². The van der Waals surface area contributed by atoms with Crippen molar-refractivity contribution in [3.8, 4) is 103 Å². The zero-order chi connectivity index (χ0) is 99.1. The van der Waals surface area contributed by atoms with Gasteiger partial charge in [0.15, 0.2) is 5.56 Å². The van der Waals surface area contributed by atoms with Crippen molar-refractivity contribution in [2.24, 2.45) is 23.3 Å². The van der Waals surface area contributed by atoms with Gasteiger partial charge in [-0.05, 0) is 152 Å². The highest BCUT2D eigenvalue weighted by Gasteiger charge is 2.32. The van der Waals surface area contributed by atoms with E-state index in [-0.39, 0.29) is 83.2 Å². The quantitative estimate of drug-likeness (QED) is 0.00250. The highest BCUT2D eigenvalue weighted by molar-refractivity contribution is 6.20. The molecule has 0 saturated heterocycles. The van der Waals surface area contributed by atoms with Crippen molar-refractivity contribution in [3.05, 3.63) is 187 Å². The standard InChI is InChI=1S/C20H25NO6.C18H23N3O5.C17H25NO4.C17H24O5.C12H16O4.C8H10O2.C2H6O.CH2O2.2CH4.H4N2.H3N/c1-5-7-9-12-15(16-13(25-3)10-8-11-14(16)26-4)18(22)17(19(23)21-12)20(24)27-6-2;1-4-5-7-10-13(14-11(25-2)8-6-9-12(14)26-3)16(22)15(17(23)20-10)18(24)21-19;2*1-5-7-9-12(18)15(17(19)22-6-2)16-13(20-3)10-8-11-14(16)21-4;1-4-16-12(13)8-9-10(14-2)6-5-7-11(9)15-3;1-9-7-4-3-5-8(6-7)10-2;1-2-3;2-1-3;;;1-2;/h8,10-11H,5-7,9H2,1-4H3,(H2,21,22,23);6,8-9H,4-5,7,19H2,1-3H3,(H,21,24)(H2,20,22,23);8,10-11H,5-7,9,18H2,1-4H3;8,10-11,18H,5-7,9H2,1-4H3;5-7H,4,8H2,1-3H3;3-6H,1-2H3;3H,2H2,1H3;1H,(H,2,3);2*1H4;1-2H2;1H3/b;;15-12-;;;;;;;;;. The molecular formula is C97H146N8O29. The Kier molecular flexibility index (Phi) is 68.7. The molecule has 2 heterocycles. The molecule has 0 unspecified atom stereocenters. The lowest BCUT2D eigenvalue weighted by molar-refractivity contribution is -0.142. The minimum atomic E-state index is -0.888. The van der Waals surface area contributed by atoms with Crippen LogP contribution < -0.4 is 103 Å². The van der Waals surface area contributed by atoms with Gasteiger partial charge in [-0.3, -0.25) is 41.1 Å². The molecule has 37 heteroatoms. The first kappa shape index (κ1) is 126. The first-order valence-corrected chi connectivity index (χ1v) is 41.9. The van der Waals surface area contributed by atoms with Gasteiger partial charge in [0.1, 0.15) is 97.4 Å². The topological polar surface area (TPSA) is 568 Å². The number of H-pyrrole nitrogens is 2. The van der Waals surface area contributed by atoms with Gasteiger partial charge < -0.3 is 123 Å². The molecule has 0 saturated carbocycles. The van der Waals surface area contributed by atoms with E-state index < -0.39 is 57.6 Å². The van der Waals surface area contributed by atoms with Crippen LogP contribution in [0.25, 0.3) is 33.4 Å². The molecule has 8 aromatic rings. The molecule has 0 aliphatic rings. The zero-order valence-electron chi connectivity index (χ0n) is 79.8. The Morgan fingerprint density at radius 2 is 0.716 bits per heavy atom. The van der Waals surface area contributed by atoms with Gasteiger partial charge in [-0.1, -0.05) is 105 Å². The summed E-state index contributed by atoms with van der Waals surface area (Å²) >= 11 is 0. The number of aromatic nitrogens is 2. The second-order valence-corrected chi connectivity index (χ2v) is 26.4. The molecule has 748 valence electrons. The minimum Gasteiger partial charge on any atom is -0.511 e. The number of amides is 1. The molecule has 0 atom stereocenters. The van der Waals surface area contributed by atoms with Crippen LogP contribution in [0.3, 0.4) is 0 Å². The van der Waals surface area contributed by atoms with Gasteiger partial charge in [-0.25, -0.2) is 20.2 Å². The van der Waals surface area contributed by atoms with E-state index in [0.29, 0.717) is 146 Å². The van der Waals surface area contributed by atoms with Crippen LogP contribution in [0.1, 0.15) is 190 Å². The highest BCUT2D eigenvalue weighted by Crippen LogP contribution is 2.47. The van der Waals surface area contributed by atoms with Gasteiger partial charge in [0.25, 0.3) is 23.5 Å². The highest BCUT2D eigenvalue weighted by atomic mass is 16.6. The lowest BCUT2D eigenvalue weighted by atomic mass is 9.95. The second kappa shape index (κ2) is 72.8. The minimum absolute atomic E-state index is 0. The lowest BCUT2D eigenvalue weighted by Gasteiger charge is -2.18. The third-order valence-electron chi connectivity index (χ3n) is 18.2. The van der Waals surface area contributed by atoms with Crippen molar-refractivity contribution < 1.29 is 130 Å². The van der Waals surface area contributed by atoms with Gasteiger partial charge in [-0.15, -0.1) is 0 Å². The summed E-state index contributed by atoms with van der Waals surface area (Å²) in [6.07, 6.45) is 9.08. The normalized spacial score (nSPS) is 10.1. The van der Waals surface area contributed by atoms with Crippen molar-refractivity contribution in [3.63, 3.8) is 0 Å². The van der Waals surface area contributed by atoms with Gasteiger partial charge in [-0.2, -0.15) is 0 Å². The summed E-state index contributed by atoms with van der Waals surface area (Å²) < 4.78 is 83.5. The van der Waals surface area contributed by atoms with Crippen molar-refractivity contribution in [1.82, 2.24) is 21.5 Å². The third kappa shape index (κ3) is 38.9. The monoisotopic (exact) mass is 1890 g/mol. The molecule has 0 aliphatic heterocycles. The predicted molar refractivity (Wildman–Crippen MR) is 519 cm³/mol. The molecule has 0 fully saturated rings. The van der Waals surface area contributed by atoms with Gasteiger partial charge in [0.05, 0.1) is 157 Å². The molecule has 134 heavy (non-hydrogen) atoms. The van der Waals surface area contributed by atoms with Crippen LogP contribution in [0.2, 0.25) is 0 Å². The number of pyridine rings is 2. The fourth-order valence-corrected chi connectivity index (χ4v) is 12.3. The number of carboxylic acid groups (broad SMARTS) is 1.